The Kier molecular flexibility index (Phi) is 4.84. The number of nitro benzene ring substituents is 1. The SMILES string of the molecule is CC(N)CCNS(=O)(=O)c1cc2c(cc1[N+](=O)[O-])OCCO2. The van der Waals surface area contributed by atoms with Crippen molar-refractivity contribution in [3.8, 4) is 11.5 Å². The number of hydrogen-bond acceptors (Lipinski definition) is 7. The molecule has 0 aliphatic carbocycles. The van der Waals surface area contributed by atoms with Crippen molar-refractivity contribution in [1.29, 1.82) is 0 Å². The van der Waals surface area contributed by atoms with Gasteiger partial charge < -0.3 is 15.2 Å². The number of ether oxygens (including phenoxy) is 2. The Morgan fingerprint density at radius 2 is 1.95 bits per heavy atom. The zero-order chi connectivity index (χ0) is 16.3. The molecule has 2 rings (SSSR count). The molecule has 1 aromatic rings. The minimum Gasteiger partial charge on any atom is -0.486 e. The molecule has 0 bridgehead atoms. The molecule has 1 aliphatic heterocycles. The smallest absolute Gasteiger partial charge is 0.293 e. The lowest BCUT2D eigenvalue weighted by Crippen LogP contribution is -2.29. The van der Waals surface area contributed by atoms with E-state index in [0.29, 0.717) is 6.42 Å². The van der Waals surface area contributed by atoms with Gasteiger partial charge >= 0.3 is 0 Å². The summed E-state index contributed by atoms with van der Waals surface area (Å²) in [5.41, 5.74) is 4.99. The maximum atomic E-state index is 12.3. The number of nitrogens with zero attached hydrogens (tertiary/aromatic N) is 1. The van der Waals surface area contributed by atoms with E-state index in [4.69, 9.17) is 15.2 Å². The van der Waals surface area contributed by atoms with Gasteiger partial charge in [0.2, 0.25) is 10.0 Å². The maximum Gasteiger partial charge on any atom is 0.293 e. The van der Waals surface area contributed by atoms with Crippen LogP contribution in [0.1, 0.15) is 13.3 Å². The second-order valence-electron chi connectivity index (χ2n) is 4.88. The molecule has 3 N–H and O–H groups in total. The average Bonchev–Trinajstić information content (AvgIpc) is 2.45. The standard InChI is InChI=1S/C12H17N3O6S/c1-8(13)2-3-14-22(18,19)12-7-11-10(20-4-5-21-11)6-9(12)15(16)17/h6-8,14H,2-5,13H2,1H3. The third-order valence-electron chi connectivity index (χ3n) is 3.00. The molecule has 1 aliphatic rings. The van der Waals surface area contributed by atoms with Crippen LogP contribution in [0.4, 0.5) is 5.69 Å². The molecule has 0 amide bonds. The number of nitrogens with two attached hydrogens (primary N) is 1. The lowest BCUT2D eigenvalue weighted by Gasteiger charge is -2.19. The molecule has 0 fully saturated rings. The molecular weight excluding hydrogens is 314 g/mol. The molecule has 122 valence electrons. The summed E-state index contributed by atoms with van der Waals surface area (Å²) in [6.07, 6.45) is 0.414. The van der Waals surface area contributed by atoms with E-state index in [9.17, 15) is 18.5 Å². The van der Waals surface area contributed by atoms with Gasteiger partial charge in [-0.1, -0.05) is 0 Å². The molecule has 0 saturated heterocycles. The second kappa shape index (κ2) is 6.46. The molecule has 1 aromatic carbocycles. The molecular formula is C12H17N3O6S. The summed E-state index contributed by atoms with van der Waals surface area (Å²) in [5.74, 6) is 0.330. The Bertz CT molecular complexity index is 674. The lowest BCUT2D eigenvalue weighted by atomic mass is 10.2. The first-order valence-electron chi connectivity index (χ1n) is 6.64. The van der Waals surface area contributed by atoms with Crippen molar-refractivity contribution in [3.05, 3.63) is 22.2 Å². The van der Waals surface area contributed by atoms with Crippen molar-refractivity contribution >= 4 is 15.7 Å². The second-order valence-corrected chi connectivity index (χ2v) is 6.62. The van der Waals surface area contributed by atoms with Gasteiger partial charge in [-0.3, -0.25) is 10.1 Å². The van der Waals surface area contributed by atoms with Crippen LogP contribution >= 0.6 is 0 Å². The number of hydrogen-bond donors (Lipinski definition) is 2. The molecule has 0 saturated carbocycles. The minimum atomic E-state index is -4.05. The molecule has 22 heavy (non-hydrogen) atoms. The van der Waals surface area contributed by atoms with Gasteiger partial charge in [0, 0.05) is 18.7 Å². The fourth-order valence-electron chi connectivity index (χ4n) is 1.92. The number of sulfonamides is 1. The van der Waals surface area contributed by atoms with E-state index >= 15 is 0 Å². The zero-order valence-corrected chi connectivity index (χ0v) is 12.8. The third kappa shape index (κ3) is 3.64. The number of rotatable bonds is 6. The van der Waals surface area contributed by atoms with E-state index in [1.807, 2.05) is 0 Å². The predicted molar refractivity (Wildman–Crippen MR) is 77.5 cm³/mol. The van der Waals surface area contributed by atoms with Gasteiger partial charge in [-0.25, -0.2) is 13.1 Å². The van der Waals surface area contributed by atoms with Gasteiger partial charge in [-0.15, -0.1) is 0 Å². The minimum absolute atomic E-state index is 0.0889. The Hall–Kier alpha value is -1.91. The molecule has 9 nitrogen and oxygen atoms in total. The van der Waals surface area contributed by atoms with Gasteiger partial charge in [0.25, 0.3) is 5.69 Å². The molecule has 10 heteroatoms. The van der Waals surface area contributed by atoms with Crippen LogP contribution in [0, 0.1) is 10.1 Å². The first-order chi connectivity index (χ1) is 10.3. The van der Waals surface area contributed by atoms with E-state index in [2.05, 4.69) is 4.72 Å². The van der Waals surface area contributed by atoms with Crippen LogP contribution in [-0.4, -0.2) is 39.1 Å². The van der Waals surface area contributed by atoms with Crippen molar-refractivity contribution in [2.75, 3.05) is 19.8 Å². The highest BCUT2D eigenvalue weighted by Crippen LogP contribution is 2.38. The van der Waals surface area contributed by atoms with Crippen molar-refractivity contribution < 1.29 is 22.8 Å². The van der Waals surface area contributed by atoms with Crippen LogP contribution in [0.15, 0.2) is 17.0 Å². The summed E-state index contributed by atoms with van der Waals surface area (Å²) in [6.45, 7) is 2.33. The number of nitrogens with one attached hydrogen (secondary N) is 1. The normalized spacial score (nSPS) is 15.4. The summed E-state index contributed by atoms with van der Waals surface area (Å²) in [4.78, 5) is 9.92. The Morgan fingerprint density at radius 1 is 1.36 bits per heavy atom. The summed E-state index contributed by atoms with van der Waals surface area (Å²) >= 11 is 0. The van der Waals surface area contributed by atoms with Crippen LogP contribution in [0.3, 0.4) is 0 Å². The highest BCUT2D eigenvalue weighted by atomic mass is 32.2. The number of benzene rings is 1. The number of nitro groups is 1. The first-order valence-corrected chi connectivity index (χ1v) is 8.13. The van der Waals surface area contributed by atoms with Crippen LogP contribution in [0.25, 0.3) is 0 Å². The lowest BCUT2D eigenvalue weighted by molar-refractivity contribution is -0.388. The third-order valence-corrected chi connectivity index (χ3v) is 4.49. The highest BCUT2D eigenvalue weighted by molar-refractivity contribution is 7.89. The van der Waals surface area contributed by atoms with Crippen molar-refractivity contribution in [2.45, 2.75) is 24.3 Å². The maximum absolute atomic E-state index is 12.3. The zero-order valence-electron chi connectivity index (χ0n) is 11.9. The van der Waals surface area contributed by atoms with Gasteiger partial charge in [-0.05, 0) is 13.3 Å². The van der Waals surface area contributed by atoms with Crippen LogP contribution < -0.4 is 19.9 Å². The van der Waals surface area contributed by atoms with Crippen LogP contribution in [-0.2, 0) is 10.0 Å². The monoisotopic (exact) mass is 331 g/mol. The fourth-order valence-corrected chi connectivity index (χ4v) is 3.13. The average molecular weight is 331 g/mol. The fraction of sp³-hybridized carbons (Fsp3) is 0.500. The summed E-state index contributed by atoms with van der Waals surface area (Å²) in [6, 6.07) is 1.99. The molecule has 1 heterocycles. The molecule has 1 unspecified atom stereocenters. The van der Waals surface area contributed by atoms with E-state index in [1.54, 1.807) is 6.92 Å². The van der Waals surface area contributed by atoms with Gasteiger partial charge in [0.05, 0.1) is 11.0 Å². The molecule has 0 radical (unpaired) electrons. The summed E-state index contributed by atoms with van der Waals surface area (Å²) in [5, 5.41) is 11.1. The Balaban J connectivity index is 2.37. The predicted octanol–water partition coefficient (Wildman–Crippen LogP) is 0.382. The topological polar surface area (TPSA) is 134 Å². The van der Waals surface area contributed by atoms with Crippen molar-refractivity contribution in [1.82, 2.24) is 4.72 Å². The van der Waals surface area contributed by atoms with Gasteiger partial charge in [0.15, 0.2) is 16.4 Å². The quantitative estimate of drug-likeness (QED) is 0.568. The largest absolute Gasteiger partial charge is 0.486 e. The van der Waals surface area contributed by atoms with Gasteiger partial charge in [0.1, 0.15) is 13.2 Å². The molecule has 0 spiro atoms. The summed E-state index contributed by atoms with van der Waals surface area (Å²) in [7, 11) is -4.05. The van der Waals surface area contributed by atoms with Crippen LogP contribution in [0.5, 0.6) is 11.5 Å². The Morgan fingerprint density at radius 3 is 2.50 bits per heavy atom. The van der Waals surface area contributed by atoms with Gasteiger partial charge in [-0.2, -0.15) is 0 Å². The van der Waals surface area contributed by atoms with Crippen LogP contribution in [0.2, 0.25) is 0 Å². The van der Waals surface area contributed by atoms with E-state index in [-0.39, 0.29) is 37.3 Å². The Labute approximate surface area is 127 Å². The summed E-state index contributed by atoms with van der Waals surface area (Å²) < 4.78 is 37.4. The highest BCUT2D eigenvalue weighted by Gasteiger charge is 2.30. The molecule has 1 atom stereocenters. The van der Waals surface area contributed by atoms with Crippen molar-refractivity contribution in [2.24, 2.45) is 5.73 Å². The first kappa shape index (κ1) is 16.5. The number of fused-ring (bicyclic) bond motifs is 1. The van der Waals surface area contributed by atoms with Crippen molar-refractivity contribution in [3.63, 3.8) is 0 Å². The van der Waals surface area contributed by atoms with E-state index < -0.39 is 25.5 Å². The molecule has 0 aromatic heterocycles. The van der Waals surface area contributed by atoms with E-state index in [0.717, 1.165) is 12.1 Å². The van der Waals surface area contributed by atoms with E-state index in [1.165, 1.54) is 0 Å².